The Morgan fingerprint density at radius 2 is 1.72 bits per heavy atom. The molecule has 106 valence electrons. The zero-order chi connectivity index (χ0) is 14.2. The molecule has 0 saturated carbocycles. The first-order chi connectivity index (χ1) is 8.16. The van der Waals surface area contributed by atoms with Gasteiger partial charge in [-0.2, -0.15) is 4.89 Å². The highest BCUT2D eigenvalue weighted by atomic mass is 17.2. The topological polar surface area (TPSA) is 35.5 Å². The highest BCUT2D eigenvalue weighted by Gasteiger charge is 2.17. The molecular weight excluding hydrogens is 228 g/mol. The van der Waals surface area contributed by atoms with Gasteiger partial charge in [0.25, 0.3) is 0 Å². The lowest BCUT2D eigenvalue weighted by atomic mass is 9.89. The molecule has 0 aromatic carbocycles. The van der Waals surface area contributed by atoms with Crippen LogP contribution in [0.3, 0.4) is 0 Å². The molecule has 0 aliphatic rings. The van der Waals surface area contributed by atoms with Crippen molar-refractivity contribution in [2.75, 3.05) is 0 Å². The molecule has 0 aromatic heterocycles. The molecular formula is C15H28O3. The molecule has 0 N–H and O–H groups in total. The zero-order valence-electron chi connectivity index (χ0n) is 12.5. The molecule has 0 amide bonds. The van der Waals surface area contributed by atoms with Gasteiger partial charge in [-0.15, -0.1) is 6.58 Å². The van der Waals surface area contributed by atoms with Crippen molar-refractivity contribution in [2.24, 2.45) is 5.41 Å². The molecule has 0 aliphatic carbocycles. The van der Waals surface area contributed by atoms with Crippen molar-refractivity contribution in [1.29, 1.82) is 0 Å². The van der Waals surface area contributed by atoms with E-state index in [9.17, 15) is 4.79 Å². The summed E-state index contributed by atoms with van der Waals surface area (Å²) in [5.41, 5.74) is -0.250. The van der Waals surface area contributed by atoms with Crippen molar-refractivity contribution in [1.82, 2.24) is 0 Å². The Labute approximate surface area is 111 Å². The molecule has 0 bridgehead atoms. The molecule has 0 aliphatic heterocycles. The monoisotopic (exact) mass is 256 g/mol. The second kappa shape index (κ2) is 7.57. The van der Waals surface area contributed by atoms with Crippen LogP contribution in [0.1, 0.15) is 66.7 Å². The smallest absolute Gasteiger partial charge is 0.297 e. The van der Waals surface area contributed by atoms with Gasteiger partial charge in [0, 0.05) is 6.42 Å². The van der Waals surface area contributed by atoms with Crippen molar-refractivity contribution in [2.45, 2.75) is 72.3 Å². The first kappa shape index (κ1) is 17.2. The maximum Gasteiger partial charge on any atom is 0.342 e. The molecule has 0 spiro atoms. The van der Waals surface area contributed by atoms with Gasteiger partial charge in [-0.05, 0) is 32.1 Å². The lowest BCUT2D eigenvalue weighted by Crippen LogP contribution is -2.23. The quantitative estimate of drug-likeness (QED) is 0.279. The van der Waals surface area contributed by atoms with Gasteiger partial charge in [-0.3, -0.25) is 4.89 Å². The Balaban J connectivity index is 3.58. The summed E-state index contributed by atoms with van der Waals surface area (Å²) in [6.07, 6.45) is 6.25. The van der Waals surface area contributed by atoms with Crippen LogP contribution in [0.4, 0.5) is 0 Å². The van der Waals surface area contributed by atoms with E-state index in [0.29, 0.717) is 11.8 Å². The predicted octanol–water partition coefficient (Wildman–Crippen LogP) is 4.42. The second-order valence-corrected chi connectivity index (χ2v) is 6.47. The summed E-state index contributed by atoms with van der Waals surface area (Å²) in [6.45, 7) is 13.9. The van der Waals surface area contributed by atoms with E-state index < -0.39 is 5.60 Å². The molecule has 3 nitrogen and oxygen atoms in total. The van der Waals surface area contributed by atoms with Crippen LogP contribution in [0.5, 0.6) is 0 Å². The summed E-state index contributed by atoms with van der Waals surface area (Å²) in [5.74, 6) is -0.305. The van der Waals surface area contributed by atoms with Gasteiger partial charge in [-0.1, -0.05) is 39.7 Å². The standard InChI is InChI=1S/C15H28O3/c1-7-15(5,6)18-17-13(16)11-9-8-10-12-14(2,3)4/h7H,1,8-12H2,2-6H3. The average Bonchev–Trinajstić information content (AvgIpc) is 2.24. The summed E-state index contributed by atoms with van der Waals surface area (Å²) in [6, 6.07) is 0. The average molecular weight is 256 g/mol. The van der Waals surface area contributed by atoms with E-state index in [2.05, 4.69) is 27.4 Å². The lowest BCUT2D eigenvalue weighted by molar-refractivity contribution is -0.312. The molecule has 0 saturated heterocycles. The molecule has 0 aromatic rings. The second-order valence-electron chi connectivity index (χ2n) is 6.47. The molecule has 0 unspecified atom stereocenters. The molecule has 0 atom stereocenters. The minimum atomic E-state index is -0.623. The van der Waals surface area contributed by atoms with Gasteiger partial charge >= 0.3 is 5.97 Å². The summed E-state index contributed by atoms with van der Waals surface area (Å²) in [5, 5.41) is 0. The van der Waals surface area contributed by atoms with E-state index >= 15 is 0 Å². The normalized spacial score (nSPS) is 12.3. The highest BCUT2D eigenvalue weighted by Crippen LogP contribution is 2.22. The molecule has 0 heterocycles. The third-order valence-corrected chi connectivity index (χ3v) is 2.65. The Kier molecular flexibility index (Phi) is 7.22. The van der Waals surface area contributed by atoms with Crippen molar-refractivity contribution in [3.63, 3.8) is 0 Å². The minimum absolute atomic E-state index is 0.305. The fourth-order valence-electron chi connectivity index (χ4n) is 1.33. The number of carbonyl (C=O) groups excluding carboxylic acids is 1. The summed E-state index contributed by atoms with van der Waals surface area (Å²) < 4.78 is 0. The maximum absolute atomic E-state index is 11.4. The van der Waals surface area contributed by atoms with Crippen LogP contribution in [0.2, 0.25) is 0 Å². The molecule has 18 heavy (non-hydrogen) atoms. The first-order valence-corrected chi connectivity index (χ1v) is 6.68. The third-order valence-electron chi connectivity index (χ3n) is 2.65. The van der Waals surface area contributed by atoms with E-state index in [1.54, 1.807) is 19.9 Å². The van der Waals surface area contributed by atoms with Gasteiger partial charge in [0.2, 0.25) is 0 Å². The Morgan fingerprint density at radius 1 is 1.11 bits per heavy atom. The van der Waals surface area contributed by atoms with E-state index in [1.807, 2.05) is 0 Å². The number of rotatable bonds is 8. The summed E-state index contributed by atoms with van der Waals surface area (Å²) in [4.78, 5) is 21.1. The van der Waals surface area contributed by atoms with Crippen LogP contribution < -0.4 is 0 Å². The molecule has 0 rings (SSSR count). The Morgan fingerprint density at radius 3 is 2.22 bits per heavy atom. The van der Waals surface area contributed by atoms with Crippen LogP contribution in [-0.4, -0.2) is 11.6 Å². The number of unbranched alkanes of at least 4 members (excludes halogenated alkanes) is 2. The lowest BCUT2D eigenvalue weighted by Gasteiger charge is -2.18. The van der Waals surface area contributed by atoms with Gasteiger partial charge in [0.15, 0.2) is 0 Å². The summed E-state index contributed by atoms with van der Waals surface area (Å²) in [7, 11) is 0. The summed E-state index contributed by atoms with van der Waals surface area (Å²) >= 11 is 0. The van der Waals surface area contributed by atoms with E-state index in [-0.39, 0.29) is 5.97 Å². The Hall–Kier alpha value is -0.830. The number of carbonyl (C=O) groups is 1. The van der Waals surface area contributed by atoms with Crippen molar-refractivity contribution >= 4 is 5.97 Å². The fraction of sp³-hybridized carbons (Fsp3) is 0.800. The Bertz CT molecular complexity index is 261. The van der Waals surface area contributed by atoms with Gasteiger partial charge in [-0.25, -0.2) is 4.79 Å². The minimum Gasteiger partial charge on any atom is -0.297 e. The zero-order valence-corrected chi connectivity index (χ0v) is 12.5. The van der Waals surface area contributed by atoms with Crippen molar-refractivity contribution in [3.8, 4) is 0 Å². The van der Waals surface area contributed by atoms with Crippen LogP contribution in [-0.2, 0) is 14.6 Å². The third kappa shape index (κ3) is 10.3. The van der Waals surface area contributed by atoms with Gasteiger partial charge in [0.1, 0.15) is 5.60 Å². The van der Waals surface area contributed by atoms with E-state index in [1.165, 1.54) is 6.42 Å². The largest absolute Gasteiger partial charge is 0.342 e. The number of hydrogen-bond donors (Lipinski definition) is 0. The molecule has 3 heteroatoms. The fourth-order valence-corrected chi connectivity index (χ4v) is 1.33. The predicted molar refractivity (Wildman–Crippen MR) is 74.0 cm³/mol. The van der Waals surface area contributed by atoms with Crippen LogP contribution in [0.15, 0.2) is 12.7 Å². The highest BCUT2D eigenvalue weighted by molar-refractivity contribution is 5.68. The van der Waals surface area contributed by atoms with E-state index in [4.69, 9.17) is 9.78 Å². The maximum atomic E-state index is 11.4. The first-order valence-electron chi connectivity index (χ1n) is 6.68. The van der Waals surface area contributed by atoms with Crippen LogP contribution in [0, 0.1) is 5.41 Å². The van der Waals surface area contributed by atoms with Gasteiger partial charge in [0.05, 0.1) is 0 Å². The van der Waals surface area contributed by atoms with Crippen molar-refractivity contribution in [3.05, 3.63) is 12.7 Å². The molecule has 0 radical (unpaired) electrons. The van der Waals surface area contributed by atoms with Gasteiger partial charge < -0.3 is 0 Å². The SMILES string of the molecule is C=CC(C)(C)OOC(=O)CCCCCC(C)(C)C. The number of hydrogen-bond acceptors (Lipinski definition) is 3. The van der Waals surface area contributed by atoms with Crippen LogP contribution >= 0.6 is 0 Å². The van der Waals surface area contributed by atoms with Crippen molar-refractivity contribution < 1.29 is 14.6 Å². The molecule has 0 fully saturated rings. The van der Waals surface area contributed by atoms with Crippen LogP contribution in [0.25, 0.3) is 0 Å². The van der Waals surface area contributed by atoms with E-state index in [0.717, 1.165) is 19.3 Å².